The first-order valence-corrected chi connectivity index (χ1v) is 6.86. The third-order valence-corrected chi connectivity index (χ3v) is 3.67. The van der Waals surface area contributed by atoms with Crippen LogP contribution in [0.3, 0.4) is 0 Å². The lowest BCUT2D eigenvalue weighted by Crippen LogP contribution is -2.45. The maximum Gasteiger partial charge on any atom is 0.0409 e. The SMILES string of the molecule is CCN1CCCC(NCc2cccc(Cl)c2)C1. The van der Waals surface area contributed by atoms with E-state index in [-0.39, 0.29) is 0 Å². The minimum atomic E-state index is 0.627. The zero-order valence-electron chi connectivity index (χ0n) is 10.5. The number of rotatable bonds is 4. The molecule has 1 heterocycles. The van der Waals surface area contributed by atoms with Gasteiger partial charge in [-0.05, 0) is 43.6 Å². The van der Waals surface area contributed by atoms with Gasteiger partial charge in [0.25, 0.3) is 0 Å². The zero-order chi connectivity index (χ0) is 12.1. The lowest BCUT2D eigenvalue weighted by Gasteiger charge is -2.32. The van der Waals surface area contributed by atoms with E-state index in [1.165, 1.54) is 31.5 Å². The van der Waals surface area contributed by atoms with E-state index in [0.717, 1.165) is 18.1 Å². The molecule has 0 amide bonds. The third-order valence-electron chi connectivity index (χ3n) is 3.44. The second-order valence-electron chi connectivity index (χ2n) is 4.74. The van der Waals surface area contributed by atoms with Gasteiger partial charge in [0.2, 0.25) is 0 Å². The molecule has 0 spiro atoms. The van der Waals surface area contributed by atoms with Crippen molar-refractivity contribution in [3.8, 4) is 0 Å². The zero-order valence-corrected chi connectivity index (χ0v) is 11.2. The summed E-state index contributed by atoms with van der Waals surface area (Å²) < 4.78 is 0. The van der Waals surface area contributed by atoms with E-state index in [1.54, 1.807) is 0 Å². The first kappa shape index (κ1) is 12.9. The van der Waals surface area contributed by atoms with Gasteiger partial charge >= 0.3 is 0 Å². The molecule has 1 aromatic carbocycles. The minimum Gasteiger partial charge on any atom is -0.309 e. The van der Waals surface area contributed by atoms with Crippen LogP contribution in [-0.2, 0) is 6.54 Å². The van der Waals surface area contributed by atoms with Crippen LogP contribution in [0.15, 0.2) is 24.3 Å². The summed E-state index contributed by atoms with van der Waals surface area (Å²) in [6.45, 7) is 6.75. The van der Waals surface area contributed by atoms with Gasteiger partial charge in [0, 0.05) is 24.2 Å². The standard InChI is InChI=1S/C14H21ClN2/c1-2-17-8-4-7-14(11-17)16-10-12-5-3-6-13(15)9-12/h3,5-6,9,14,16H,2,4,7-8,10-11H2,1H3. The van der Waals surface area contributed by atoms with Gasteiger partial charge in [-0.25, -0.2) is 0 Å². The number of piperidine rings is 1. The number of likely N-dealkylation sites (tertiary alicyclic amines) is 1. The van der Waals surface area contributed by atoms with Gasteiger partial charge in [-0.1, -0.05) is 30.7 Å². The molecule has 1 atom stereocenters. The number of hydrogen-bond donors (Lipinski definition) is 1. The normalized spacial score (nSPS) is 21.6. The van der Waals surface area contributed by atoms with E-state index < -0.39 is 0 Å². The van der Waals surface area contributed by atoms with Crippen molar-refractivity contribution in [2.75, 3.05) is 19.6 Å². The summed E-state index contributed by atoms with van der Waals surface area (Å²) in [6, 6.07) is 8.72. The van der Waals surface area contributed by atoms with Gasteiger partial charge in [0.05, 0.1) is 0 Å². The Morgan fingerprint density at radius 2 is 2.35 bits per heavy atom. The summed E-state index contributed by atoms with van der Waals surface area (Å²) in [6.07, 6.45) is 2.60. The molecule has 1 saturated heterocycles. The summed E-state index contributed by atoms with van der Waals surface area (Å²) in [7, 11) is 0. The summed E-state index contributed by atoms with van der Waals surface area (Å²) in [5.41, 5.74) is 1.27. The molecule has 17 heavy (non-hydrogen) atoms. The van der Waals surface area contributed by atoms with Crippen LogP contribution in [0.5, 0.6) is 0 Å². The summed E-state index contributed by atoms with van der Waals surface area (Å²) in [4.78, 5) is 2.51. The Morgan fingerprint density at radius 1 is 1.47 bits per heavy atom. The first-order chi connectivity index (χ1) is 8.28. The second-order valence-corrected chi connectivity index (χ2v) is 5.18. The quantitative estimate of drug-likeness (QED) is 0.887. The Bertz CT molecular complexity index is 354. The topological polar surface area (TPSA) is 15.3 Å². The van der Waals surface area contributed by atoms with Crippen molar-refractivity contribution in [3.05, 3.63) is 34.9 Å². The number of likely N-dealkylation sites (N-methyl/N-ethyl adjacent to an activating group) is 1. The molecule has 0 aromatic heterocycles. The Hall–Kier alpha value is -0.570. The largest absolute Gasteiger partial charge is 0.309 e. The van der Waals surface area contributed by atoms with Crippen molar-refractivity contribution in [1.82, 2.24) is 10.2 Å². The Labute approximate surface area is 109 Å². The molecule has 1 N–H and O–H groups in total. The van der Waals surface area contributed by atoms with Crippen LogP contribution >= 0.6 is 11.6 Å². The molecule has 1 aliphatic rings. The predicted octanol–water partition coefficient (Wildman–Crippen LogP) is 2.91. The average molecular weight is 253 g/mol. The van der Waals surface area contributed by atoms with Gasteiger partial charge in [-0.2, -0.15) is 0 Å². The Balaban J connectivity index is 1.81. The summed E-state index contributed by atoms with van der Waals surface area (Å²) in [5, 5.41) is 4.45. The van der Waals surface area contributed by atoms with Crippen LogP contribution in [-0.4, -0.2) is 30.6 Å². The summed E-state index contributed by atoms with van der Waals surface area (Å²) in [5.74, 6) is 0. The van der Waals surface area contributed by atoms with Crippen molar-refractivity contribution < 1.29 is 0 Å². The maximum absolute atomic E-state index is 5.98. The predicted molar refractivity (Wildman–Crippen MR) is 73.4 cm³/mol. The van der Waals surface area contributed by atoms with Gasteiger partial charge in [0.15, 0.2) is 0 Å². The second kappa shape index (κ2) is 6.39. The number of halogens is 1. The molecular weight excluding hydrogens is 232 g/mol. The van der Waals surface area contributed by atoms with E-state index >= 15 is 0 Å². The van der Waals surface area contributed by atoms with E-state index in [1.807, 2.05) is 18.2 Å². The van der Waals surface area contributed by atoms with Crippen LogP contribution in [0, 0.1) is 0 Å². The molecule has 1 unspecified atom stereocenters. The van der Waals surface area contributed by atoms with E-state index in [2.05, 4.69) is 23.2 Å². The highest BCUT2D eigenvalue weighted by Crippen LogP contribution is 2.13. The highest BCUT2D eigenvalue weighted by molar-refractivity contribution is 6.30. The van der Waals surface area contributed by atoms with Crippen molar-refractivity contribution in [1.29, 1.82) is 0 Å². The number of nitrogens with one attached hydrogen (secondary N) is 1. The highest BCUT2D eigenvalue weighted by atomic mass is 35.5. The fourth-order valence-corrected chi connectivity index (χ4v) is 2.63. The first-order valence-electron chi connectivity index (χ1n) is 6.48. The van der Waals surface area contributed by atoms with Crippen molar-refractivity contribution in [3.63, 3.8) is 0 Å². The molecule has 1 aliphatic heterocycles. The number of benzene rings is 1. The molecule has 0 aliphatic carbocycles. The average Bonchev–Trinajstić information content (AvgIpc) is 2.37. The highest BCUT2D eigenvalue weighted by Gasteiger charge is 2.17. The van der Waals surface area contributed by atoms with Crippen molar-refractivity contribution in [2.24, 2.45) is 0 Å². The van der Waals surface area contributed by atoms with Crippen LogP contribution in [0.1, 0.15) is 25.3 Å². The molecule has 3 heteroatoms. The molecule has 0 bridgehead atoms. The maximum atomic E-state index is 5.98. The third kappa shape index (κ3) is 3.98. The molecule has 2 nitrogen and oxygen atoms in total. The Morgan fingerprint density at radius 3 is 3.12 bits per heavy atom. The lowest BCUT2D eigenvalue weighted by atomic mass is 10.1. The molecule has 1 fully saturated rings. The van der Waals surface area contributed by atoms with E-state index in [9.17, 15) is 0 Å². The molecule has 2 rings (SSSR count). The van der Waals surface area contributed by atoms with Crippen molar-refractivity contribution in [2.45, 2.75) is 32.4 Å². The molecular formula is C14H21ClN2. The Kier molecular flexibility index (Phi) is 4.84. The molecule has 1 aromatic rings. The van der Waals surface area contributed by atoms with Crippen LogP contribution in [0.2, 0.25) is 5.02 Å². The number of nitrogens with zero attached hydrogens (tertiary/aromatic N) is 1. The van der Waals surface area contributed by atoms with Crippen LogP contribution in [0.25, 0.3) is 0 Å². The lowest BCUT2D eigenvalue weighted by molar-refractivity contribution is 0.198. The minimum absolute atomic E-state index is 0.627. The monoisotopic (exact) mass is 252 g/mol. The van der Waals surface area contributed by atoms with Crippen LogP contribution in [0.4, 0.5) is 0 Å². The summed E-state index contributed by atoms with van der Waals surface area (Å²) >= 11 is 5.98. The van der Waals surface area contributed by atoms with Crippen molar-refractivity contribution >= 4 is 11.6 Å². The number of hydrogen-bond acceptors (Lipinski definition) is 2. The smallest absolute Gasteiger partial charge is 0.0409 e. The van der Waals surface area contributed by atoms with Crippen LogP contribution < -0.4 is 5.32 Å². The molecule has 0 radical (unpaired) electrons. The van der Waals surface area contributed by atoms with Gasteiger partial charge in [-0.3, -0.25) is 0 Å². The van der Waals surface area contributed by atoms with Gasteiger partial charge in [0.1, 0.15) is 0 Å². The van der Waals surface area contributed by atoms with E-state index in [4.69, 9.17) is 11.6 Å². The molecule has 0 saturated carbocycles. The van der Waals surface area contributed by atoms with Gasteiger partial charge in [-0.15, -0.1) is 0 Å². The fraction of sp³-hybridized carbons (Fsp3) is 0.571. The fourth-order valence-electron chi connectivity index (χ4n) is 2.42. The van der Waals surface area contributed by atoms with E-state index in [0.29, 0.717) is 6.04 Å². The molecule has 94 valence electrons. The van der Waals surface area contributed by atoms with Gasteiger partial charge < -0.3 is 10.2 Å².